The van der Waals surface area contributed by atoms with Crippen molar-refractivity contribution in [3.63, 3.8) is 0 Å². The highest BCUT2D eigenvalue weighted by atomic mass is 19.2. The molecule has 3 aromatic rings. The van der Waals surface area contributed by atoms with Crippen LogP contribution in [-0.2, 0) is 15.9 Å². The first-order valence-corrected chi connectivity index (χ1v) is 13.2. The molecule has 6 heteroatoms. The van der Waals surface area contributed by atoms with Crippen LogP contribution in [0, 0.1) is 23.3 Å². The third kappa shape index (κ3) is 6.42. The van der Waals surface area contributed by atoms with E-state index in [9.17, 15) is 17.6 Å². The van der Waals surface area contributed by atoms with Crippen LogP contribution in [0.25, 0.3) is 22.3 Å². The Morgan fingerprint density at radius 3 is 1.81 bits per heavy atom. The Hall–Kier alpha value is -2.70. The average molecular weight is 515 g/mol. The number of halogens is 4. The maximum Gasteiger partial charge on any atom is 0.166 e. The zero-order chi connectivity index (χ0) is 26.4. The molecule has 1 heterocycles. The van der Waals surface area contributed by atoms with Gasteiger partial charge in [0, 0.05) is 17.0 Å². The lowest BCUT2D eigenvalue weighted by molar-refractivity contribution is -0.176. The lowest BCUT2D eigenvalue weighted by Crippen LogP contribution is -2.29. The molecule has 1 aliphatic heterocycles. The van der Waals surface area contributed by atoms with Gasteiger partial charge in [0.25, 0.3) is 0 Å². The summed E-state index contributed by atoms with van der Waals surface area (Å²) in [5.74, 6) is -3.97. The molecular weight excluding hydrogens is 480 g/mol. The summed E-state index contributed by atoms with van der Waals surface area (Å²) in [6.45, 7) is 4.43. The Morgan fingerprint density at radius 1 is 0.649 bits per heavy atom. The molecule has 1 saturated heterocycles. The van der Waals surface area contributed by atoms with Crippen molar-refractivity contribution in [2.24, 2.45) is 0 Å². The molecule has 0 spiro atoms. The Balaban J connectivity index is 1.47. The summed E-state index contributed by atoms with van der Waals surface area (Å²) in [6.07, 6.45) is 6.63. The second-order valence-electron chi connectivity index (χ2n) is 9.76. The molecule has 1 aliphatic rings. The molecule has 0 aliphatic carbocycles. The fourth-order valence-corrected chi connectivity index (χ4v) is 4.81. The number of hydrogen-bond acceptors (Lipinski definition) is 2. The largest absolute Gasteiger partial charge is 0.352 e. The minimum absolute atomic E-state index is 0.0970. The van der Waals surface area contributed by atoms with Crippen molar-refractivity contribution in [3.05, 3.63) is 82.9 Å². The van der Waals surface area contributed by atoms with Crippen LogP contribution >= 0.6 is 0 Å². The van der Waals surface area contributed by atoms with Crippen molar-refractivity contribution >= 4 is 0 Å². The monoisotopic (exact) mass is 514 g/mol. The molecule has 37 heavy (non-hydrogen) atoms. The SMILES string of the molecule is CCCCCCCCc1ccc(-c2ccc(-c3ccc(C4COC(C)OC4)c(F)c3F)cc2)c(F)c1F. The number of hydrogen-bond donors (Lipinski definition) is 0. The summed E-state index contributed by atoms with van der Waals surface area (Å²) in [5.41, 5.74) is 1.74. The third-order valence-electron chi connectivity index (χ3n) is 7.09. The van der Waals surface area contributed by atoms with Crippen LogP contribution < -0.4 is 0 Å². The zero-order valence-corrected chi connectivity index (χ0v) is 21.5. The molecule has 0 atom stereocenters. The van der Waals surface area contributed by atoms with Crippen LogP contribution in [0.1, 0.15) is 69.4 Å². The fraction of sp³-hybridized carbons (Fsp3) is 0.419. The van der Waals surface area contributed by atoms with Gasteiger partial charge < -0.3 is 9.47 Å². The van der Waals surface area contributed by atoms with Crippen LogP contribution in [0.3, 0.4) is 0 Å². The topological polar surface area (TPSA) is 18.5 Å². The Labute approximate surface area is 216 Å². The first kappa shape index (κ1) is 27.3. The molecule has 0 N–H and O–H groups in total. The van der Waals surface area contributed by atoms with Crippen molar-refractivity contribution < 1.29 is 27.0 Å². The van der Waals surface area contributed by atoms with Crippen molar-refractivity contribution in [2.75, 3.05) is 13.2 Å². The first-order valence-electron chi connectivity index (χ1n) is 13.2. The number of unbranched alkanes of at least 4 members (excludes halogenated alkanes) is 5. The molecule has 0 saturated carbocycles. The van der Waals surface area contributed by atoms with Gasteiger partial charge in [0.15, 0.2) is 29.6 Å². The van der Waals surface area contributed by atoms with Crippen molar-refractivity contribution in [1.29, 1.82) is 0 Å². The van der Waals surface area contributed by atoms with E-state index in [1.165, 1.54) is 25.3 Å². The molecule has 0 radical (unpaired) electrons. The number of ether oxygens (including phenoxy) is 2. The van der Waals surface area contributed by atoms with Gasteiger partial charge in [0.1, 0.15) is 0 Å². The van der Waals surface area contributed by atoms with E-state index in [-0.39, 0.29) is 42.1 Å². The van der Waals surface area contributed by atoms with Crippen molar-refractivity contribution in [1.82, 2.24) is 0 Å². The molecule has 1 fully saturated rings. The molecule has 0 amide bonds. The molecule has 3 aromatic carbocycles. The summed E-state index contributed by atoms with van der Waals surface area (Å²) in [6, 6.07) is 12.7. The summed E-state index contributed by atoms with van der Waals surface area (Å²) >= 11 is 0. The maximum atomic E-state index is 15.0. The molecular formula is C31H34F4O2. The van der Waals surface area contributed by atoms with Gasteiger partial charge in [-0.1, -0.05) is 87.6 Å². The molecule has 4 rings (SSSR count). The third-order valence-corrected chi connectivity index (χ3v) is 7.09. The summed E-state index contributed by atoms with van der Waals surface area (Å²) in [5, 5.41) is 0. The molecule has 0 aromatic heterocycles. The van der Waals surface area contributed by atoms with Gasteiger partial charge in [-0.15, -0.1) is 0 Å². The van der Waals surface area contributed by atoms with E-state index in [2.05, 4.69) is 6.92 Å². The van der Waals surface area contributed by atoms with Crippen molar-refractivity contribution in [3.8, 4) is 22.3 Å². The highest BCUT2D eigenvalue weighted by molar-refractivity contribution is 5.71. The van der Waals surface area contributed by atoms with Gasteiger partial charge in [0.2, 0.25) is 0 Å². The molecule has 198 valence electrons. The zero-order valence-electron chi connectivity index (χ0n) is 21.5. The van der Waals surface area contributed by atoms with Crippen molar-refractivity contribution in [2.45, 2.75) is 71.0 Å². The normalized spacial score (nSPS) is 17.8. The van der Waals surface area contributed by atoms with Crippen LogP contribution in [0.4, 0.5) is 17.6 Å². The second kappa shape index (κ2) is 12.7. The average Bonchev–Trinajstić information content (AvgIpc) is 2.91. The molecule has 0 bridgehead atoms. The molecule has 0 unspecified atom stereocenters. The van der Waals surface area contributed by atoms with E-state index in [1.807, 2.05) is 0 Å². The predicted molar refractivity (Wildman–Crippen MR) is 138 cm³/mol. The first-order chi connectivity index (χ1) is 17.9. The van der Waals surface area contributed by atoms with Crippen LogP contribution in [-0.4, -0.2) is 19.5 Å². The minimum atomic E-state index is -0.958. The highest BCUT2D eigenvalue weighted by Crippen LogP contribution is 2.33. The Morgan fingerprint density at radius 2 is 1.19 bits per heavy atom. The summed E-state index contributed by atoms with van der Waals surface area (Å²) in [4.78, 5) is 0. The second-order valence-corrected chi connectivity index (χ2v) is 9.76. The van der Waals surface area contributed by atoms with Crippen LogP contribution in [0.5, 0.6) is 0 Å². The van der Waals surface area contributed by atoms with Crippen LogP contribution in [0.2, 0.25) is 0 Å². The van der Waals surface area contributed by atoms with Gasteiger partial charge in [-0.05, 0) is 42.0 Å². The Bertz CT molecular complexity index is 1180. The van der Waals surface area contributed by atoms with E-state index >= 15 is 0 Å². The van der Waals surface area contributed by atoms with E-state index in [4.69, 9.17) is 9.47 Å². The maximum absolute atomic E-state index is 15.0. The standard InChI is InChI=1S/C31H34F4O2/c1-3-4-5-6-7-8-9-23-14-15-25(29(33)28(23)32)21-10-12-22(13-11-21)26-16-17-27(31(35)30(26)34)24-18-36-20(2)37-19-24/h10-17,20,24H,3-9,18-19H2,1-2H3. The van der Waals surface area contributed by atoms with Crippen LogP contribution in [0.15, 0.2) is 48.5 Å². The van der Waals surface area contributed by atoms with Gasteiger partial charge in [0.05, 0.1) is 13.2 Å². The fourth-order valence-electron chi connectivity index (χ4n) is 4.81. The highest BCUT2D eigenvalue weighted by Gasteiger charge is 2.26. The number of aryl methyl sites for hydroxylation is 1. The van der Waals surface area contributed by atoms with E-state index in [1.54, 1.807) is 49.4 Å². The van der Waals surface area contributed by atoms with Gasteiger partial charge in [-0.25, -0.2) is 17.6 Å². The lowest BCUT2D eigenvalue weighted by Gasteiger charge is -2.28. The van der Waals surface area contributed by atoms with Gasteiger partial charge in [-0.2, -0.15) is 0 Å². The van der Waals surface area contributed by atoms with E-state index in [0.717, 1.165) is 19.3 Å². The smallest absolute Gasteiger partial charge is 0.166 e. The van der Waals surface area contributed by atoms with Gasteiger partial charge in [-0.3, -0.25) is 0 Å². The quantitative estimate of drug-likeness (QED) is 0.199. The van der Waals surface area contributed by atoms with E-state index < -0.39 is 23.3 Å². The van der Waals surface area contributed by atoms with E-state index in [0.29, 0.717) is 23.1 Å². The summed E-state index contributed by atoms with van der Waals surface area (Å²) < 4.78 is 70.3. The lowest BCUT2D eigenvalue weighted by atomic mass is 9.94. The Kier molecular flexibility index (Phi) is 9.38. The minimum Gasteiger partial charge on any atom is -0.352 e. The predicted octanol–water partition coefficient (Wildman–Crippen LogP) is 8.96. The van der Waals surface area contributed by atoms with Gasteiger partial charge >= 0.3 is 0 Å². The molecule has 2 nitrogen and oxygen atoms in total. The number of rotatable bonds is 10. The number of benzene rings is 3. The summed E-state index contributed by atoms with van der Waals surface area (Å²) in [7, 11) is 0.